The fraction of sp³-hybridized carbons (Fsp3) is 0.235. The van der Waals surface area contributed by atoms with E-state index < -0.39 is 5.97 Å². The molecule has 116 valence electrons. The molecule has 0 unspecified atom stereocenters. The molecule has 1 aliphatic rings. The molecule has 1 aliphatic carbocycles. The Balaban J connectivity index is 1.79. The molecule has 1 atom stereocenters. The number of furan rings is 1. The molecule has 0 saturated heterocycles. The van der Waals surface area contributed by atoms with Gasteiger partial charge in [0.2, 0.25) is 5.82 Å². The topological polar surface area (TPSA) is 81.1 Å². The van der Waals surface area contributed by atoms with Gasteiger partial charge in [-0.3, -0.25) is 4.79 Å². The van der Waals surface area contributed by atoms with Gasteiger partial charge < -0.3 is 9.52 Å². The van der Waals surface area contributed by atoms with Gasteiger partial charge in [0.25, 0.3) is 0 Å². The van der Waals surface area contributed by atoms with Crippen LogP contribution in [0, 0.1) is 0 Å². The van der Waals surface area contributed by atoms with Gasteiger partial charge in [0, 0.05) is 5.92 Å². The fourth-order valence-corrected chi connectivity index (χ4v) is 3.19. The van der Waals surface area contributed by atoms with E-state index in [1.807, 2.05) is 12.1 Å². The Kier molecular flexibility index (Phi) is 3.22. The van der Waals surface area contributed by atoms with E-state index in [9.17, 15) is 4.79 Å². The minimum absolute atomic E-state index is 0.0711. The Morgan fingerprint density at radius 3 is 2.96 bits per heavy atom. The molecule has 0 aliphatic heterocycles. The summed E-state index contributed by atoms with van der Waals surface area (Å²) in [5.74, 6) is 0.788. The monoisotopic (exact) mass is 309 g/mol. The zero-order valence-corrected chi connectivity index (χ0v) is 12.3. The van der Waals surface area contributed by atoms with Crippen molar-refractivity contribution in [3.8, 4) is 11.6 Å². The van der Waals surface area contributed by atoms with Crippen molar-refractivity contribution in [2.45, 2.75) is 25.3 Å². The van der Waals surface area contributed by atoms with E-state index >= 15 is 0 Å². The number of benzene rings is 1. The normalized spacial score (nSPS) is 16.4. The van der Waals surface area contributed by atoms with Crippen LogP contribution in [0.25, 0.3) is 11.6 Å². The van der Waals surface area contributed by atoms with Crippen molar-refractivity contribution >= 4 is 5.97 Å². The van der Waals surface area contributed by atoms with Crippen LogP contribution in [0.1, 0.15) is 29.3 Å². The lowest BCUT2D eigenvalue weighted by atomic mass is 10.0. The molecule has 23 heavy (non-hydrogen) atoms. The highest BCUT2D eigenvalue weighted by Crippen LogP contribution is 2.37. The zero-order chi connectivity index (χ0) is 15.8. The summed E-state index contributed by atoms with van der Waals surface area (Å²) in [6.45, 7) is -0.207. The van der Waals surface area contributed by atoms with Gasteiger partial charge in [-0.25, -0.2) is 9.67 Å². The van der Waals surface area contributed by atoms with Crippen LogP contribution in [0.2, 0.25) is 0 Å². The second kappa shape index (κ2) is 5.39. The SMILES string of the molecule is O=C(O)Cn1nc(-c2ccco2)nc1[C@H]1CCc2ccccc21. The predicted molar refractivity (Wildman–Crippen MR) is 82.0 cm³/mol. The van der Waals surface area contributed by atoms with Crippen molar-refractivity contribution in [3.63, 3.8) is 0 Å². The van der Waals surface area contributed by atoms with Gasteiger partial charge in [-0.2, -0.15) is 0 Å². The Labute approximate surface area is 132 Å². The molecule has 4 rings (SSSR count). The van der Waals surface area contributed by atoms with Crippen molar-refractivity contribution in [2.75, 3.05) is 0 Å². The molecule has 1 aromatic carbocycles. The van der Waals surface area contributed by atoms with E-state index in [-0.39, 0.29) is 12.5 Å². The second-order valence-electron chi connectivity index (χ2n) is 5.61. The van der Waals surface area contributed by atoms with Gasteiger partial charge in [-0.05, 0) is 36.1 Å². The first-order valence-electron chi connectivity index (χ1n) is 7.50. The maximum atomic E-state index is 11.2. The summed E-state index contributed by atoms with van der Waals surface area (Å²) in [6.07, 6.45) is 3.43. The molecule has 0 saturated carbocycles. The second-order valence-corrected chi connectivity index (χ2v) is 5.61. The average molecular weight is 309 g/mol. The molecule has 0 spiro atoms. The molecule has 0 amide bonds. The van der Waals surface area contributed by atoms with E-state index in [0.29, 0.717) is 17.4 Å². The predicted octanol–water partition coefficient (Wildman–Crippen LogP) is 2.70. The first kappa shape index (κ1) is 13.8. The minimum Gasteiger partial charge on any atom is -0.480 e. The highest BCUT2D eigenvalue weighted by atomic mass is 16.4. The van der Waals surface area contributed by atoms with Gasteiger partial charge in [-0.1, -0.05) is 24.3 Å². The zero-order valence-electron chi connectivity index (χ0n) is 12.3. The minimum atomic E-state index is -0.937. The fourth-order valence-electron chi connectivity index (χ4n) is 3.19. The number of nitrogens with zero attached hydrogens (tertiary/aromatic N) is 3. The van der Waals surface area contributed by atoms with Gasteiger partial charge in [-0.15, -0.1) is 5.10 Å². The maximum absolute atomic E-state index is 11.2. The largest absolute Gasteiger partial charge is 0.480 e. The van der Waals surface area contributed by atoms with Gasteiger partial charge >= 0.3 is 5.97 Å². The molecular weight excluding hydrogens is 294 g/mol. The van der Waals surface area contributed by atoms with Crippen molar-refractivity contribution in [1.82, 2.24) is 14.8 Å². The van der Waals surface area contributed by atoms with Crippen LogP contribution in [0.4, 0.5) is 0 Å². The lowest BCUT2D eigenvalue weighted by molar-refractivity contribution is -0.137. The maximum Gasteiger partial charge on any atom is 0.325 e. The lowest BCUT2D eigenvalue weighted by Crippen LogP contribution is -2.15. The van der Waals surface area contributed by atoms with Crippen molar-refractivity contribution in [3.05, 3.63) is 59.6 Å². The summed E-state index contributed by atoms with van der Waals surface area (Å²) in [4.78, 5) is 15.7. The number of carboxylic acids is 1. The third-order valence-electron chi connectivity index (χ3n) is 4.17. The standard InChI is InChI=1S/C17H15N3O3/c21-15(22)10-20-17(18-16(19-20)14-6-3-9-23-14)13-8-7-11-4-1-2-5-12(11)13/h1-6,9,13H,7-8,10H2,(H,21,22)/t13-/m0/s1. The Bertz CT molecular complexity index is 852. The third kappa shape index (κ3) is 2.42. The quantitative estimate of drug-likeness (QED) is 0.801. The summed E-state index contributed by atoms with van der Waals surface area (Å²) >= 11 is 0. The Morgan fingerprint density at radius 1 is 1.30 bits per heavy atom. The Hall–Kier alpha value is -2.89. The number of hydrogen-bond donors (Lipinski definition) is 1. The lowest BCUT2D eigenvalue weighted by Gasteiger charge is -2.11. The number of aromatic nitrogens is 3. The number of aryl methyl sites for hydroxylation is 1. The first-order valence-corrected chi connectivity index (χ1v) is 7.50. The molecule has 0 bridgehead atoms. The summed E-state index contributed by atoms with van der Waals surface area (Å²) in [6, 6.07) is 11.8. The summed E-state index contributed by atoms with van der Waals surface area (Å²) in [5, 5.41) is 13.5. The van der Waals surface area contributed by atoms with E-state index in [1.165, 1.54) is 15.8 Å². The summed E-state index contributed by atoms with van der Waals surface area (Å²) < 4.78 is 6.82. The molecule has 0 fully saturated rings. The van der Waals surface area contributed by atoms with Gasteiger partial charge in [0.1, 0.15) is 12.4 Å². The van der Waals surface area contributed by atoms with Crippen LogP contribution in [-0.2, 0) is 17.8 Å². The van der Waals surface area contributed by atoms with Gasteiger partial charge in [0.15, 0.2) is 5.76 Å². The number of aliphatic carboxylic acids is 1. The van der Waals surface area contributed by atoms with E-state index in [1.54, 1.807) is 18.4 Å². The smallest absolute Gasteiger partial charge is 0.325 e. The van der Waals surface area contributed by atoms with Gasteiger partial charge in [0.05, 0.1) is 6.26 Å². The number of fused-ring (bicyclic) bond motifs is 1. The Morgan fingerprint density at radius 2 is 2.17 bits per heavy atom. The van der Waals surface area contributed by atoms with Crippen LogP contribution in [-0.4, -0.2) is 25.8 Å². The molecule has 2 heterocycles. The summed E-state index contributed by atoms with van der Waals surface area (Å²) in [7, 11) is 0. The van der Waals surface area contributed by atoms with Crippen molar-refractivity contribution in [2.24, 2.45) is 0 Å². The molecule has 6 nitrogen and oxygen atoms in total. The summed E-state index contributed by atoms with van der Waals surface area (Å²) in [5.41, 5.74) is 2.50. The molecule has 2 aromatic heterocycles. The van der Waals surface area contributed by atoms with Crippen molar-refractivity contribution in [1.29, 1.82) is 0 Å². The van der Waals surface area contributed by atoms with E-state index in [0.717, 1.165) is 12.8 Å². The molecule has 0 radical (unpaired) electrons. The highest BCUT2D eigenvalue weighted by Gasteiger charge is 2.29. The number of rotatable bonds is 4. The molecular formula is C17H15N3O3. The van der Waals surface area contributed by atoms with E-state index in [2.05, 4.69) is 22.2 Å². The van der Waals surface area contributed by atoms with Crippen LogP contribution >= 0.6 is 0 Å². The van der Waals surface area contributed by atoms with Crippen LogP contribution in [0.5, 0.6) is 0 Å². The van der Waals surface area contributed by atoms with Crippen LogP contribution in [0.3, 0.4) is 0 Å². The highest BCUT2D eigenvalue weighted by molar-refractivity contribution is 5.66. The van der Waals surface area contributed by atoms with Crippen LogP contribution in [0.15, 0.2) is 47.1 Å². The molecule has 6 heteroatoms. The van der Waals surface area contributed by atoms with Crippen molar-refractivity contribution < 1.29 is 14.3 Å². The average Bonchev–Trinajstić information content (AvgIpc) is 3.25. The number of hydrogen-bond acceptors (Lipinski definition) is 4. The molecule has 1 N–H and O–H groups in total. The number of carboxylic acid groups (broad SMARTS) is 1. The third-order valence-corrected chi connectivity index (χ3v) is 4.17. The molecule has 3 aromatic rings. The van der Waals surface area contributed by atoms with Crippen LogP contribution < -0.4 is 0 Å². The number of carbonyl (C=O) groups is 1. The van der Waals surface area contributed by atoms with E-state index in [4.69, 9.17) is 9.52 Å². The first-order chi connectivity index (χ1) is 11.2.